The first kappa shape index (κ1) is 24.2. The van der Waals surface area contributed by atoms with Gasteiger partial charge in [-0.1, -0.05) is 42.8 Å². The van der Waals surface area contributed by atoms with Crippen LogP contribution in [0.15, 0.2) is 66.9 Å². The Kier molecular flexibility index (Phi) is 7.13. The first-order valence-corrected chi connectivity index (χ1v) is 12.3. The van der Waals surface area contributed by atoms with E-state index in [4.69, 9.17) is 9.97 Å². The van der Waals surface area contributed by atoms with Gasteiger partial charge in [-0.15, -0.1) is 0 Å². The van der Waals surface area contributed by atoms with Gasteiger partial charge in [0, 0.05) is 23.7 Å². The highest BCUT2D eigenvalue weighted by molar-refractivity contribution is 5.92. The summed E-state index contributed by atoms with van der Waals surface area (Å²) in [4.78, 5) is 16.0. The maximum atomic E-state index is 13.6. The fourth-order valence-electron chi connectivity index (χ4n) is 4.68. The minimum atomic E-state index is -4.49. The van der Waals surface area contributed by atoms with Gasteiger partial charge in [-0.05, 0) is 62.2 Å². The molecule has 0 spiro atoms. The molecule has 0 saturated carbocycles. The van der Waals surface area contributed by atoms with Crippen LogP contribution in [0.3, 0.4) is 0 Å². The molecule has 1 N–H and O–H groups in total. The number of fused-ring (bicyclic) bond motifs is 1. The Balaban J connectivity index is 1.50. The zero-order valence-corrected chi connectivity index (χ0v) is 19.9. The molecule has 1 fully saturated rings. The predicted molar refractivity (Wildman–Crippen MR) is 136 cm³/mol. The van der Waals surface area contributed by atoms with Gasteiger partial charge in [-0.2, -0.15) is 13.2 Å². The van der Waals surface area contributed by atoms with Gasteiger partial charge in [0.2, 0.25) is 0 Å². The second-order valence-electron chi connectivity index (χ2n) is 9.12. The maximum Gasteiger partial charge on any atom is 0.418 e. The predicted octanol–water partition coefficient (Wildman–Crippen LogP) is 6.35. The van der Waals surface area contributed by atoms with Crippen molar-refractivity contribution in [2.45, 2.75) is 38.4 Å². The number of hydrogen-bond acceptors (Lipinski definition) is 5. The molecule has 0 bridgehead atoms. The Labute approximate surface area is 208 Å². The van der Waals surface area contributed by atoms with Gasteiger partial charge in [0.25, 0.3) is 0 Å². The molecule has 1 aliphatic rings. The molecule has 5 rings (SSSR count). The zero-order valence-electron chi connectivity index (χ0n) is 19.9. The zero-order chi connectivity index (χ0) is 25.0. The molecule has 3 heterocycles. The molecule has 1 saturated heterocycles. The van der Waals surface area contributed by atoms with Crippen molar-refractivity contribution in [3.8, 4) is 11.3 Å². The van der Waals surface area contributed by atoms with Crippen LogP contribution in [0.2, 0.25) is 0 Å². The van der Waals surface area contributed by atoms with Gasteiger partial charge in [0.05, 0.1) is 23.3 Å². The van der Waals surface area contributed by atoms with Crippen LogP contribution >= 0.6 is 0 Å². The summed E-state index contributed by atoms with van der Waals surface area (Å²) in [6, 6.07) is 17.7. The molecule has 186 valence electrons. The number of nitrogens with one attached hydrogen (secondary N) is 1. The fourth-order valence-corrected chi connectivity index (χ4v) is 4.68. The summed E-state index contributed by atoms with van der Waals surface area (Å²) in [7, 11) is 0. The van der Waals surface area contributed by atoms with Gasteiger partial charge < -0.3 is 5.32 Å². The van der Waals surface area contributed by atoms with Crippen molar-refractivity contribution in [1.82, 2.24) is 19.9 Å². The van der Waals surface area contributed by atoms with E-state index in [-0.39, 0.29) is 5.69 Å². The lowest BCUT2D eigenvalue weighted by Crippen LogP contribution is -2.30. The minimum absolute atomic E-state index is 0.0957. The van der Waals surface area contributed by atoms with Gasteiger partial charge in [0.15, 0.2) is 0 Å². The molecule has 5 nitrogen and oxygen atoms in total. The van der Waals surface area contributed by atoms with E-state index >= 15 is 0 Å². The number of aromatic nitrogens is 3. The number of benzene rings is 2. The lowest BCUT2D eigenvalue weighted by atomic mass is 10.0. The number of pyridine rings is 1. The maximum absolute atomic E-state index is 13.6. The normalized spacial score (nSPS) is 14.8. The first-order valence-electron chi connectivity index (χ1n) is 12.3. The van der Waals surface area contributed by atoms with E-state index in [1.54, 1.807) is 18.2 Å². The smallest absolute Gasteiger partial charge is 0.369 e. The molecule has 0 unspecified atom stereocenters. The molecule has 0 radical (unpaired) electrons. The molecular formula is C28H28F3N5. The topological polar surface area (TPSA) is 53.9 Å². The molecule has 4 aromatic rings. The summed E-state index contributed by atoms with van der Waals surface area (Å²) in [6.45, 7) is 3.30. The number of piperidine rings is 1. The molecule has 36 heavy (non-hydrogen) atoms. The molecule has 0 amide bonds. The van der Waals surface area contributed by atoms with E-state index < -0.39 is 11.7 Å². The largest absolute Gasteiger partial charge is 0.418 e. The average molecular weight is 492 g/mol. The number of nitrogens with zero attached hydrogens (tertiary/aromatic N) is 4. The fraction of sp³-hybridized carbons (Fsp3) is 0.321. The molecule has 1 aliphatic heterocycles. The molecule has 2 aromatic heterocycles. The van der Waals surface area contributed by atoms with E-state index in [1.807, 2.05) is 18.2 Å². The van der Waals surface area contributed by atoms with E-state index in [0.29, 0.717) is 35.8 Å². The van der Waals surface area contributed by atoms with Gasteiger partial charge in [0.1, 0.15) is 11.6 Å². The molecule has 2 aromatic carbocycles. The number of halogens is 3. The van der Waals surface area contributed by atoms with Crippen LogP contribution in [0.1, 0.15) is 36.2 Å². The Morgan fingerprint density at radius 3 is 2.47 bits per heavy atom. The van der Waals surface area contributed by atoms with Crippen LogP contribution in [0, 0.1) is 0 Å². The first-order chi connectivity index (χ1) is 17.5. The lowest BCUT2D eigenvalue weighted by molar-refractivity contribution is -0.137. The highest BCUT2D eigenvalue weighted by atomic mass is 19.4. The van der Waals surface area contributed by atoms with Crippen LogP contribution in [0.25, 0.3) is 22.2 Å². The standard InChI is InChI=1S/C28H28F3N5/c29-28(30,31)23-10-7-14-32-26(23)21-11-12-22-24(18-21)34-25(19-36-16-5-2-6-17-36)35-27(22)33-15-13-20-8-3-1-4-9-20/h1,3-4,7-12,14,18H,2,5-6,13,15-17,19H2,(H,33,34,35). The van der Waals surface area contributed by atoms with Crippen molar-refractivity contribution in [1.29, 1.82) is 0 Å². The van der Waals surface area contributed by atoms with Crippen molar-refractivity contribution < 1.29 is 13.2 Å². The van der Waals surface area contributed by atoms with Gasteiger partial charge in [-0.3, -0.25) is 9.88 Å². The third-order valence-electron chi connectivity index (χ3n) is 6.49. The van der Waals surface area contributed by atoms with Crippen LogP contribution in [-0.2, 0) is 19.1 Å². The number of hydrogen-bond donors (Lipinski definition) is 1. The van der Waals surface area contributed by atoms with Gasteiger partial charge in [-0.25, -0.2) is 9.97 Å². The van der Waals surface area contributed by atoms with Crippen molar-refractivity contribution in [3.05, 3.63) is 83.8 Å². The Hall–Kier alpha value is -3.52. The number of alkyl halides is 3. The van der Waals surface area contributed by atoms with Crippen molar-refractivity contribution in [2.24, 2.45) is 0 Å². The number of anilines is 1. The Morgan fingerprint density at radius 1 is 0.889 bits per heavy atom. The molecule has 8 heteroatoms. The minimum Gasteiger partial charge on any atom is -0.369 e. The molecular weight excluding hydrogens is 463 g/mol. The summed E-state index contributed by atoms with van der Waals surface area (Å²) >= 11 is 0. The molecule has 0 aliphatic carbocycles. The van der Waals surface area contributed by atoms with Crippen LogP contribution < -0.4 is 5.32 Å². The second kappa shape index (κ2) is 10.6. The van der Waals surface area contributed by atoms with Crippen LogP contribution in [-0.4, -0.2) is 39.5 Å². The Bertz CT molecular complexity index is 1320. The third-order valence-corrected chi connectivity index (χ3v) is 6.49. The monoisotopic (exact) mass is 491 g/mol. The quantitative estimate of drug-likeness (QED) is 0.326. The average Bonchev–Trinajstić information content (AvgIpc) is 2.89. The molecule has 0 atom stereocenters. The summed E-state index contributed by atoms with van der Waals surface area (Å²) in [5.74, 6) is 1.37. The van der Waals surface area contributed by atoms with Crippen molar-refractivity contribution >= 4 is 16.7 Å². The lowest BCUT2D eigenvalue weighted by Gasteiger charge is -2.25. The third kappa shape index (κ3) is 5.65. The van der Waals surface area contributed by atoms with Crippen molar-refractivity contribution in [2.75, 3.05) is 25.0 Å². The highest BCUT2D eigenvalue weighted by Gasteiger charge is 2.34. The van der Waals surface area contributed by atoms with Crippen LogP contribution in [0.5, 0.6) is 0 Å². The van der Waals surface area contributed by atoms with E-state index in [1.165, 1.54) is 24.2 Å². The van der Waals surface area contributed by atoms with Crippen molar-refractivity contribution in [3.63, 3.8) is 0 Å². The summed E-state index contributed by atoms with van der Waals surface area (Å²) in [5.41, 5.74) is 1.35. The van der Waals surface area contributed by atoms with E-state index in [0.717, 1.165) is 43.8 Å². The summed E-state index contributed by atoms with van der Waals surface area (Å²) < 4.78 is 40.9. The van der Waals surface area contributed by atoms with E-state index in [2.05, 4.69) is 27.3 Å². The van der Waals surface area contributed by atoms with E-state index in [9.17, 15) is 13.2 Å². The number of likely N-dealkylation sites (tertiary alicyclic amines) is 1. The van der Waals surface area contributed by atoms with Gasteiger partial charge >= 0.3 is 6.18 Å². The highest BCUT2D eigenvalue weighted by Crippen LogP contribution is 2.36. The number of rotatable bonds is 7. The second-order valence-corrected chi connectivity index (χ2v) is 9.12. The SMILES string of the molecule is FC(F)(F)c1cccnc1-c1ccc2c(NCCc3ccccc3)nc(CN3CCCCC3)nc2c1. The summed E-state index contributed by atoms with van der Waals surface area (Å²) in [5, 5.41) is 4.22. The summed E-state index contributed by atoms with van der Waals surface area (Å²) in [6.07, 6.45) is 1.26. The van der Waals surface area contributed by atoms with Crippen LogP contribution in [0.4, 0.5) is 19.0 Å². The Morgan fingerprint density at radius 2 is 1.69 bits per heavy atom.